The van der Waals surface area contributed by atoms with Crippen molar-refractivity contribution in [2.75, 3.05) is 6.61 Å². The van der Waals surface area contributed by atoms with Crippen molar-refractivity contribution in [3.8, 4) is 6.07 Å². The largest absolute Gasteiger partial charge is 0.396 e. The molecule has 1 rings (SSSR count). The minimum absolute atomic E-state index is 0.172. The topological polar surface area (TPSA) is 44.0 Å². The zero-order chi connectivity index (χ0) is 11.3. The molecule has 2 nitrogen and oxygen atoms in total. The molecule has 0 aliphatic rings. The van der Waals surface area contributed by atoms with Crippen LogP contribution in [0.1, 0.15) is 28.7 Å². The van der Waals surface area contributed by atoms with Gasteiger partial charge in [-0.15, -0.1) is 0 Å². The summed E-state index contributed by atoms with van der Waals surface area (Å²) in [6.45, 7) is 4.16. The van der Waals surface area contributed by atoms with Gasteiger partial charge in [0.2, 0.25) is 0 Å². The molecular formula is C13H15NO. The number of benzene rings is 1. The molecule has 0 aliphatic heterocycles. The highest BCUT2D eigenvalue weighted by Crippen LogP contribution is 2.18. The third kappa shape index (κ3) is 2.93. The van der Waals surface area contributed by atoms with Crippen LogP contribution in [0.15, 0.2) is 18.2 Å². The maximum atomic E-state index is 8.79. The van der Waals surface area contributed by atoms with Gasteiger partial charge in [0, 0.05) is 6.61 Å². The summed E-state index contributed by atoms with van der Waals surface area (Å²) in [5, 5.41) is 17.5. The first-order valence-corrected chi connectivity index (χ1v) is 4.97. The zero-order valence-corrected chi connectivity index (χ0v) is 9.12. The third-order valence-electron chi connectivity index (χ3n) is 2.30. The van der Waals surface area contributed by atoms with E-state index in [1.807, 2.05) is 38.1 Å². The number of hydrogen-bond acceptors (Lipinski definition) is 2. The second-order valence-corrected chi connectivity index (χ2v) is 3.55. The lowest BCUT2D eigenvalue weighted by Crippen LogP contribution is -1.89. The van der Waals surface area contributed by atoms with Gasteiger partial charge in [-0.25, -0.2) is 0 Å². The van der Waals surface area contributed by atoms with E-state index in [0.717, 1.165) is 16.7 Å². The zero-order valence-electron chi connectivity index (χ0n) is 9.12. The molecule has 0 fully saturated rings. The van der Waals surface area contributed by atoms with Crippen molar-refractivity contribution < 1.29 is 5.11 Å². The molecule has 0 atom stereocenters. The molecule has 0 unspecified atom stereocenters. The number of nitrogens with zero attached hydrogens (tertiary/aromatic N) is 1. The van der Waals surface area contributed by atoms with Gasteiger partial charge >= 0.3 is 0 Å². The number of hydrogen-bond donors (Lipinski definition) is 1. The summed E-state index contributed by atoms with van der Waals surface area (Å²) < 4.78 is 0. The molecular weight excluding hydrogens is 186 g/mol. The van der Waals surface area contributed by atoms with Gasteiger partial charge in [0.15, 0.2) is 0 Å². The highest BCUT2D eigenvalue weighted by Gasteiger charge is 2.01. The number of aliphatic hydroxyl groups is 1. The molecule has 0 radical (unpaired) electrons. The van der Waals surface area contributed by atoms with Gasteiger partial charge in [-0.3, -0.25) is 0 Å². The van der Waals surface area contributed by atoms with Crippen molar-refractivity contribution in [3.63, 3.8) is 0 Å². The van der Waals surface area contributed by atoms with Crippen LogP contribution in [-0.4, -0.2) is 11.7 Å². The number of rotatable bonds is 3. The molecule has 1 aromatic rings. The summed E-state index contributed by atoms with van der Waals surface area (Å²) in [5.74, 6) is 0. The fourth-order valence-electron chi connectivity index (χ4n) is 1.58. The fourth-order valence-corrected chi connectivity index (χ4v) is 1.58. The van der Waals surface area contributed by atoms with Crippen molar-refractivity contribution in [2.45, 2.75) is 20.3 Å². The minimum atomic E-state index is 0.172. The summed E-state index contributed by atoms with van der Waals surface area (Å²) in [5.41, 5.74) is 4.04. The molecule has 0 spiro atoms. The van der Waals surface area contributed by atoms with Gasteiger partial charge in [-0.2, -0.15) is 5.26 Å². The Morgan fingerprint density at radius 1 is 1.33 bits per heavy atom. The Kier molecular flexibility index (Phi) is 4.08. The van der Waals surface area contributed by atoms with E-state index < -0.39 is 0 Å². The molecule has 0 heterocycles. The molecule has 0 saturated heterocycles. The first kappa shape index (κ1) is 11.5. The minimum Gasteiger partial charge on any atom is -0.396 e. The smallest absolute Gasteiger partial charge is 0.0991 e. The Labute approximate surface area is 90.5 Å². The van der Waals surface area contributed by atoms with Crippen LogP contribution in [0.25, 0.3) is 6.08 Å². The molecule has 1 N–H and O–H groups in total. The molecule has 0 saturated carbocycles. The Morgan fingerprint density at radius 2 is 1.93 bits per heavy atom. The average molecular weight is 201 g/mol. The van der Waals surface area contributed by atoms with Gasteiger partial charge < -0.3 is 5.11 Å². The third-order valence-corrected chi connectivity index (χ3v) is 2.30. The lowest BCUT2D eigenvalue weighted by molar-refractivity contribution is 0.303. The second-order valence-electron chi connectivity index (χ2n) is 3.55. The van der Waals surface area contributed by atoms with Gasteiger partial charge in [0.1, 0.15) is 0 Å². The first-order valence-electron chi connectivity index (χ1n) is 4.97. The Balaban J connectivity index is 3.04. The van der Waals surface area contributed by atoms with Crippen LogP contribution in [-0.2, 0) is 0 Å². The normalized spacial score (nSPS) is 10.5. The summed E-state index contributed by atoms with van der Waals surface area (Å²) in [6.07, 6.45) is 4.61. The molecule has 0 bridgehead atoms. The Bertz CT molecular complexity index is 390. The summed E-state index contributed by atoms with van der Waals surface area (Å²) >= 11 is 0. The van der Waals surface area contributed by atoms with E-state index in [4.69, 9.17) is 10.4 Å². The van der Waals surface area contributed by atoms with E-state index in [0.29, 0.717) is 12.0 Å². The molecule has 15 heavy (non-hydrogen) atoms. The predicted octanol–water partition coefficient (Wildman–Crippen LogP) is 2.57. The quantitative estimate of drug-likeness (QED) is 0.816. The monoisotopic (exact) mass is 201 g/mol. The average Bonchev–Trinajstić information content (AvgIpc) is 2.22. The number of aliphatic hydroxyl groups excluding tert-OH is 1. The van der Waals surface area contributed by atoms with E-state index in [1.54, 1.807) is 0 Å². The number of aryl methyl sites for hydroxylation is 2. The summed E-state index contributed by atoms with van der Waals surface area (Å²) in [7, 11) is 0. The molecule has 0 amide bonds. The SMILES string of the molecule is Cc1cc(C#N)cc(C)c1C=CCCO. The van der Waals surface area contributed by atoms with Crippen molar-refractivity contribution in [2.24, 2.45) is 0 Å². The van der Waals surface area contributed by atoms with Crippen molar-refractivity contribution in [3.05, 3.63) is 40.5 Å². The highest BCUT2D eigenvalue weighted by molar-refractivity contribution is 5.59. The standard InChI is InChI=1S/C13H15NO/c1-10-7-12(9-14)8-11(2)13(10)5-3-4-6-15/h3,5,7-8,15H,4,6H2,1-2H3. The van der Waals surface area contributed by atoms with E-state index in [-0.39, 0.29) is 6.61 Å². The maximum absolute atomic E-state index is 8.79. The van der Waals surface area contributed by atoms with E-state index in [1.165, 1.54) is 0 Å². The van der Waals surface area contributed by atoms with Crippen LogP contribution >= 0.6 is 0 Å². The number of nitriles is 1. The second kappa shape index (κ2) is 5.33. The van der Waals surface area contributed by atoms with Gasteiger partial charge in [-0.05, 0) is 49.1 Å². The van der Waals surface area contributed by atoms with Crippen molar-refractivity contribution in [1.82, 2.24) is 0 Å². The Morgan fingerprint density at radius 3 is 2.40 bits per heavy atom. The van der Waals surface area contributed by atoms with E-state index in [9.17, 15) is 0 Å². The van der Waals surface area contributed by atoms with Crippen LogP contribution in [0, 0.1) is 25.2 Å². The van der Waals surface area contributed by atoms with Crippen LogP contribution < -0.4 is 0 Å². The van der Waals surface area contributed by atoms with Crippen molar-refractivity contribution >= 4 is 6.08 Å². The van der Waals surface area contributed by atoms with Gasteiger partial charge in [0.25, 0.3) is 0 Å². The highest BCUT2D eigenvalue weighted by atomic mass is 16.2. The van der Waals surface area contributed by atoms with Crippen LogP contribution in [0.5, 0.6) is 0 Å². The molecule has 2 heteroatoms. The molecule has 0 aromatic heterocycles. The predicted molar refractivity (Wildman–Crippen MR) is 61.4 cm³/mol. The van der Waals surface area contributed by atoms with Crippen LogP contribution in [0.3, 0.4) is 0 Å². The lowest BCUT2D eigenvalue weighted by atomic mass is 9.99. The summed E-state index contributed by atoms with van der Waals surface area (Å²) in [4.78, 5) is 0. The van der Waals surface area contributed by atoms with E-state index in [2.05, 4.69) is 6.07 Å². The molecule has 0 aliphatic carbocycles. The molecule has 78 valence electrons. The van der Waals surface area contributed by atoms with E-state index >= 15 is 0 Å². The Hall–Kier alpha value is -1.59. The first-order chi connectivity index (χ1) is 7.19. The van der Waals surface area contributed by atoms with Gasteiger partial charge in [0.05, 0.1) is 11.6 Å². The summed E-state index contributed by atoms with van der Waals surface area (Å²) in [6, 6.07) is 5.90. The molecule has 1 aromatic carbocycles. The van der Waals surface area contributed by atoms with Crippen molar-refractivity contribution in [1.29, 1.82) is 5.26 Å². The van der Waals surface area contributed by atoms with Crippen LogP contribution in [0.2, 0.25) is 0 Å². The fraction of sp³-hybridized carbons (Fsp3) is 0.308. The van der Waals surface area contributed by atoms with Crippen LogP contribution in [0.4, 0.5) is 0 Å². The lowest BCUT2D eigenvalue weighted by Gasteiger charge is -2.05. The maximum Gasteiger partial charge on any atom is 0.0991 e. The van der Waals surface area contributed by atoms with Gasteiger partial charge in [-0.1, -0.05) is 12.2 Å².